The Balaban J connectivity index is 1.37. The highest BCUT2D eigenvalue weighted by Gasteiger charge is 2.52. The maximum absolute atomic E-state index is 13.0. The average Bonchev–Trinajstić information content (AvgIpc) is 3.08. The molecule has 4 atom stereocenters. The molecular weight excluding hydrogens is 509 g/mol. The van der Waals surface area contributed by atoms with Gasteiger partial charge in [-0.1, -0.05) is 6.07 Å². The quantitative estimate of drug-likeness (QED) is 0.334. The number of alkyl halides is 2. The smallest absolute Gasteiger partial charge is 0.338 e. The molecule has 1 saturated carbocycles. The largest absolute Gasteiger partial charge is 0.452 e. The molecule has 1 aliphatic heterocycles. The van der Waals surface area contributed by atoms with Gasteiger partial charge in [0.1, 0.15) is 0 Å². The third-order valence-corrected chi connectivity index (χ3v) is 7.17. The van der Waals surface area contributed by atoms with Crippen molar-refractivity contribution in [2.45, 2.75) is 30.5 Å². The molecule has 0 spiro atoms. The van der Waals surface area contributed by atoms with E-state index in [2.05, 4.69) is 10.6 Å². The van der Waals surface area contributed by atoms with Crippen LogP contribution >= 0.6 is 23.2 Å². The van der Waals surface area contributed by atoms with E-state index >= 15 is 0 Å². The molecule has 11 heteroatoms. The molecular formula is C25H23Cl2N3O6. The fraction of sp³-hybridized carbons (Fsp3) is 0.320. The van der Waals surface area contributed by atoms with Gasteiger partial charge < -0.3 is 15.4 Å². The number of hydrogen-bond donors (Lipinski definition) is 2. The standard InChI is InChI=1S/C25H23Cl2N3O6/c1-13(31)28-15-5-7-16(8-6-15)29-22(32)12-36-25(35)14-3-2-4-17(9-14)30-23(33)18-10-20(26)21(27)11-19(18)24(30)34/h2-9,18-21H,10-12H2,1H3,(H,28,31)(H,29,32)/t18-,19+,20+,21-. The Hall–Kier alpha value is -3.43. The lowest BCUT2D eigenvalue weighted by atomic mass is 9.80. The number of esters is 1. The Morgan fingerprint density at radius 1 is 0.917 bits per heavy atom. The Kier molecular flexibility index (Phi) is 7.61. The molecule has 36 heavy (non-hydrogen) atoms. The highest BCUT2D eigenvalue weighted by Crippen LogP contribution is 2.43. The Morgan fingerprint density at radius 3 is 2.03 bits per heavy atom. The van der Waals surface area contributed by atoms with Crippen LogP contribution < -0.4 is 15.5 Å². The summed E-state index contributed by atoms with van der Waals surface area (Å²) >= 11 is 12.4. The van der Waals surface area contributed by atoms with Crippen LogP contribution in [0.25, 0.3) is 0 Å². The van der Waals surface area contributed by atoms with Crippen molar-refractivity contribution in [2.75, 3.05) is 22.1 Å². The van der Waals surface area contributed by atoms with Gasteiger partial charge in [-0.05, 0) is 55.3 Å². The fourth-order valence-corrected chi connectivity index (χ4v) is 4.96. The van der Waals surface area contributed by atoms with E-state index in [1.807, 2.05) is 0 Å². The summed E-state index contributed by atoms with van der Waals surface area (Å²) in [5, 5.41) is 4.41. The van der Waals surface area contributed by atoms with Gasteiger partial charge in [0.25, 0.3) is 5.91 Å². The number of carbonyl (C=O) groups excluding carboxylic acids is 5. The van der Waals surface area contributed by atoms with Crippen LogP contribution in [0.2, 0.25) is 0 Å². The number of nitrogens with one attached hydrogen (secondary N) is 2. The predicted octanol–water partition coefficient (Wildman–Crippen LogP) is 3.55. The fourth-order valence-electron chi connectivity index (χ4n) is 4.37. The van der Waals surface area contributed by atoms with Gasteiger partial charge in [0.15, 0.2) is 6.61 Å². The van der Waals surface area contributed by atoms with Crippen molar-refractivity contribution in [3.8, 4) is 0 Å². The Morgan fingerprint density at radius 2 is 1.47 bits per heavy atom. The molecule has 1 aliphatic carbocycles. The summed E-state index contributed by atoms with van der Waals surface area (Å²) in [7, 11) is 0. The SMILES string of the molecule is CC(=O)Nc1ccc(NC(=O)COC(=O)c2cccc(N3C(=O)[C@H]4C[C@@H](Cl)[C@@H](Cl)C[C@H]4C3=O)c2)cc1. The van der Waals surface area contributed by atoms with Gasteiger partial charge >= 0.3 is 5.97 Å². The number of rotatable bonds is 6. The van der Waals surface area contributed by atoms with Crippen molar-refractivity contribution >= 4 is 69.9 Å². The second-order valence-electron chi connectivity index (χ2n) is 8.66. The molecule has 188 valence electrons. The molecule has 0 radical (unpaired) electrons. The first kappa shape index (κ1) is 25.7. The predicted molar refractivity (Wildman–Crippen MR) is 134 cm³/mol. The molecule has 9 nitrogen and oxygen atoms in total. The topological polar surface area (TPSA) is 122 Å². The average molecular weight is 532 g/mol. The number of hydrogen-bond acceptors (Lipinski definition) is 6. The van der Waals surface area contributed by atoms with Gasteiger partial charge in [0, 0.05) is 18.3 Å². The summed E-state index contributed by atoms with van der Waals surface area (Å²) in [6, 6.07) is 12.3. The van der Waals surface area contributed by atoms with E-state index in [0.29, 0.717) is 24.2 Å². The van der Waals surface area contributed by atoms with Crippen LogP contribution in [0.3, 0.4) is 0 Å². The summed E-state index contributed by atoms with van der Waals surface area (Å²) in [5.74, 6) is -3.38. The van der Waals surface area contributed by atoms with E-state index in [0.717, 1.165) is 4.90 Å². The van der Waals surface area contributed by atoms with Gasteiger partial charge in [-0.25, -0.2) is 4.79 Å². The second kappa shape index (κ2) is 10.7. The third kappa shape index (κ3) is 5.52. The maximum Gasteiger partial charge on any atom is 0.338 e. The van der Waals surface area contributed by atoms with E-state index < -0.39 is 41.1 Å². The van der Waals surface area contributed by atoms with Crippen LogP contribution in [-0.4, -0.2) is 47.0 Å². The van der Waals surface area contributed by atoms with E-state index in [1.165, 1.54) is 25.1 Å². The van der Waals surface area contributed by atoms with Crippen molar-refractivity contribution in [2.24, 2.45) is 11.8 Å². The minimum atomic E-state index is -0.786. The Labute approximate surface area is 217 Å². The van der Waals surface area contributed by atoms with Gasteiger partial charge in [0.2, 0.25) is 17.7 Å². The summed E-state index contributed by atoms with van der Waals surface area (Å²) in [6.07, 6.45) is 0.628. The zero-order valence-corrected chi connectivity index (χ0v) is 20.7. The van der Waals surface area contributed by atoms with Crippen molar-refractivity contribution in [1.82, 2.24) is 0 Å². The molecule has 2 aromatic carbocycles. The van der Waals surface area contributed by atoms with Crippen molar-refractivity contribution in [3.05, 3.63) is 54.1 Å². The van der Waals surface area contributed by atoms with Crippen LogP contribution in [0.15, 0.2) is 48.5 Å². The highest BCUT2D eigenvalue weighted by molar-refractivity contribution is 6.31. The van der Waals surface area contributed by atoms with E-state index in [9.17, 15) is 24.0 Å². The molecule has 1 heterocycles. The lowest BCUT2D eigenvalue weighted by Crippen LogP contribution is -2.34. The summed E-state index contributed by atoms with van der Waals surface area (Å²) in [5.41, 5.74) is 1.36. The number of benzene rings is 2. The first-order valence-corrected chi connectivity index (χ1v) is 12.1. The molecule has 0 bridgehead atoms. The number of carbonyl (C=O) groups is 5. The van der Waals surface area contributed by atoms with Crippen molar-refractivity contribution < 1.29 is 28.7 Å². The normalized spacial score (nSPS) is 23.1. The molecule has 2 fully saturated rings. The van der Waals surface area contributed by atoms with Crippen molar-refractivity contribution in [3.63, 3.8) is 0 Å². The maximum atomic E-state index is 13.0. The molecule has 4 rings (SSSR count). The van der Waals surface area contributed by atoms with Gasteiger partial charge in [-0.2, -0.15) is 0 Å². The van der Waals surface area contributed by atoms with Crippen LogP contribution in [0.5, 0.6) is 0 Å². The van der Waals surface area contributed by atoms with Gasteiger partial charge in [-0.15, -0.1) is 23.2 Å². The molecule has 2 aliphatic rings. The van der Waals surface area contributed by atoms with Crippen LogP contribution in [0.1, 0.15) is 30.1 Å². The first-order valence-electron chi connectivity index (χ1n) is 11.2. The number of anilines is 3. The summed E-state index contributed by atoms with van der Waals surface area (Å²) < 4.78 is 5.10. The number of imide groups is 1. The van der Waals surface area contributed by atoms with Crippen molar-refractivity contribution in [1.29, 1.82) is 0 Å². The first-order chi connectivity index (χ1) is 17.1. The number of ether oxygens (including phenoxy) is 1. The monoisotopic (exact) mass is 531 g/mol. The molecule has 0 unspecified atom stereocenters. The van der Waals surface area contributed by atoms with Crippen LogP contribution in [0, 0.1) is 11.8 Å². The van der Waals surface area contributed by atoms with E-state index in [-0.39, 0.29) is 29.0 Å². The number of nitrogens with zero attached hydrogens (tertiary/aromatic N) is 1. The molecule has 2 N–H and O–H groups in total. The lowest BCUT2D eigenvalue weighted by molar-refractivity contribution is -0.122. The third-order valence-electron chi connectivity index (χ3n) is 6.07. The molecule has 0 aromatic heterocycles. The number of fused-ring (bicyclic) bond motifs is 1. The van der Waals surface area contributed by atoms with Gasteiger partial charge in [-0.3, -0.25) is 24.1 Å². The zero-order chi connectivity index (χ0) is 26.0. The van der Waals surface area contributed by atoms with Gasteiger partial charge in [0.05, 0.1) is 33.8 Å². The number of amides is 4. The van der Waals surface area contributed by atoms with E-state index in [1.54, 1.807) is 30.3 Å². The number of halogens is 2. The second-order valence-corrected chi connectivity index (χ2v) is 9.78. The lowest BCUT2D eigenvalue weighted by Gasteiger charge is -2.28. The minimum Gasteiger partial charge on any atom is -0.452 e. The molecule has 2 aromatic rings. The van der Waals surface area contributed by atoms with Crippen LogP contribution in [0.4, 0.5) is 17.1 Å². The minimum absolute atomic E-state index is 0.0841. The summed E-state index contributed by atoms with van der Waals surface area (Å²) in [4.78, 5) is 62.8. The Bertz CT molecular complexity index is 1190. The molecule has 4 amide bonds. The van der Waals surface area contributed by atoms with Crippen LogP contribution in [-0.2, 0) is 23.9 Å². The summed E-state index contributed by atoms with van der Waals surface area (Å²) in [6.45, 7) is 0.842. The highest BCUT2D eigenvalue weighted by atomic mass is 35.5. The van der Waals surface area contributed by atoms with E-state index in [4.69, 9.17) is 27.9 Å². The molecule has 1 saturated heterocycles. The zero-order valence-electron chi connectivity index (χ0n) is 19.2.